The average Bonchev–Trinajstić information content (AvgIpc) is 2.92. The van der Waals surface area contributed by atoms with Crippen molar-refractivity contribution in [2.45, 2.75) is 88.6 Å². The number of alkyl halides is 3. The van der Waals surface area contributed by atoms with Gasteiger partial charge in [-0.2, -0.15) is 13.2 Å². The van der Waals surface area contributed by atoms with E-state index >= 15 is 4.39 Å². The fraction of sp³-hybridized carbons (Fsp3) is 0.515. The third kappa shape index (κ3) is 5.92. The van der Waals surface area contributed by atoms with Crippen molar-refractivity contribution in [1.29, 1.82) is 0 Å². The van der Waals surface area contributed by atoms with Gasteiger partial charge in [0.25, 0.3) is 0 Å². The lowest BCUT2D eigenvalue weighted by Crippen LogP contribution is -2.25. The molecule has 0 N–H and O–H groups in total. The van der Waals surface area contributed by atoms with Gasteiger partial charge < -0.3 is 0 Å². The van der Waals surface area contributed by atoms with Gasteiger partial charge in [-0.15, -0.1) is 6.58 Å². The molecule has 0 saturated heterocycles. The fourth-order valence-corrected chi connectivity index (χ4v) is 7.22. The molecule has 2 saturated carbocycles. The molecule has 0 nitrogen and oxygen atoms in total. The van der Waals surface area contributed by atoms with Crippen LogP contribution in [0.5, 0.6) is 0 Å². The first-order chi connectivity index (χ1) is 18.2. The minimum absolute atomic E-state index is 0.0696. The van der Waals surface area contributed by atoms with E-state index in [0.717, 1.165) is 47.9 Å². The highest BCUT2D eigenvalue weighted by atomic mass is 19.4. The Morgan fingerprint density at radius 2 is 1.32 bits per heavy atom. The molecule has 2 fully saturated rings. The molecule has 0 spiro atoms. The Hall–Kier alpha value is -2.43. The molecular weight excluding hydrogens is 491 g/mol. The lowest BCUT2D eigenvalue weighted by atomic mass is 9.68. The third-order valence-corrected chi connectivity index (χ3v) is 9.58. The maximum Gasteiger partial charge on any atom is 0.419 e. The molecule has 38 heavy (non-hydrogen) atoms. The van der Waals surface area contributed by atoms with Crippen LogP contribution in [0.4, 0.5) is 22.0 Å². The highest BCUT2D eigenvalue weighted by Crippen LogP contribution is 2.45. The van der Waals surface area contributed by atoms with E-state index in [9.17, 15) is 17.6 Å². The molecule has 0 aromatic heterocycles. The van der Waals surface area contributed by atoms with Gasteiger partial charge in [-0.1, -0.05) is 30.4 Å². The lowest BCUT2D eigenvalue weighted by molar-refractivity contribution is -0.140. The molecule has 5 rings (SSSR count). The predicted octanol–water partition coefficient (Wildman–Crippen LogP) is 10.6. The van der Waals surface area contributed by atoms with E-state index in [-0.39, 0.29) is 11.7 Å². The summed E-state index contributed by atoms with van der Waals surface area (Å²) in [5.74, 6) is 1.26. The van der Waals surface area contributed by atoms with Gasteiger partial charge in [-0.3, -0.25) is 0 Å². The van der Waals surface area contributed by atoms with Crippen LogP contribution in [-0.4, -0.2) is 0 Å². The van der Waals surface area contributed by atoms with E-state index in [2.05, 4.69) is 18.7 Å². The normalized spacial score (nSPS) is 28.6. The van der Waals surface area contributed by atoms with E-state index in [1.165, 1.54) is 44.6 Å². The smallest absolute Gasteiger partial charge is 0.206 e. The van der Waals surface area contributed by atoms with Gasteiger partial charge in [0, 0.05) is 5.56 Å². The van der Waals surface area contributed by atoms with Gasteiger partial charge in [0.1, 0.15) is 11.6 Å². The van der Waals surface area contributed by atoms with E-state index < -0.39 is 17.6 Å². The Bertz CT molecular complexity index is 1160. The molecule has 0 heterocycles. The first-order valence-corrected chi connectivity index (χ1v) is 14.2. The first-order valence-electron chi connectivity index (χ1n) is 14.2. The lowest BCUT2D eigenvalue weighted by Gasteiger charge is -2.37. The predicted molar refractivity (Wildman–Crippen MR) is 143 cm³/mol. The third-order valence-electron chi connectivity index (χ3n) is 9.58. The summed E-state index contributed by atoms with van der Waals surface area (Å²) < 4.78 is 67.9. The van der Waals surface area contributed by atoms with Gasteiger partial charge in [0.05, 0.1) is 5.56 Å². The number of hydrogen-bond acceptors (Lipinski definition) is 0. The van der Waals surface area contributed by atoms with Crippen LogP contribution < -0.4 is 0 Å². The van der Waals surface area contributed by atoms with Crippen molar-refractivity contribution in [2.24, 2.45) is 17.8 Å². The molecule has 0 radical (unpaired) electrons. The quantitative estimate of drug-likeness (QED) is 0.267. The summed E-state index contributed by atoms with van der Waals surface area (Å²) in [6.45, 7) is 3.96. The maximum absolute atomic E-state index is 15.3. The summed E-state index contributed by atoms with van der Waals surface area (Å²) >= 11 is 0. The van der Waals surface area contributed by atoms with Gasteiger partial charge >= 0.3 is 6.18 Å². The van der Waals surface area contributed by atoms with Crippen molar-refractivity contribution < 1.29 is 22.0 Å². The molecule has 2 aromatic rings. The highest BCUT2D eigenvalue weighted by molar-refractivity contribution is 5.67. The standard InChI is InChI=1S/C33H37F5/c1-2-21-3-5-22(6-4-21)23-7-9-24(10-8-23)27-15-17-29(31(34)19-27)26-13-11-25(12-14-26)28-16-18-30(32(35)20-28)33(36,37)38/h2,13,15-25H,1,3-12,14H2. The van der Waals surface area contributed by atoms with Crippen molar-refractivity contribution >= 4 is 5.57 Å². The molecule has 204 valence electrons. The fourth-order valence-electron chi connectivity index (χ4n) is 7.22. The van der Waals surface area contributed by atoms with Crippen LogP contribution in [-0.2, 0) is 6.18 Å². The second kappa shape index (κ2) is 11.4. The second-order valence-electron chi connectivity index (χ2n) is 11.7. The molecule has 0 amide bonds. The molecule has 3 aliphatic carbocycles. The van der Waals surface area contributed by atoms with Crippen molar-refractivity contribution in [3.8, 4) is 0 Å². The molecular formula is C33H37F5. The van der Waals surface area contributed by atoms with Crippen LogP contribution in [0.2, 0.25) is 0 Å². The summed E-state index contributed by atoms with van der Waals surface area (Å²) in [5, 5.41) is 0. The SMILES string of the molecule is C=CC1CCC(C2CCC(c3ccc(C4=CCC(c5ccc(C(F)(F)F)c(F)c5)CC4)c(F)c3)CC2)CC1. The zero-order chi connectivity index (χ0) is 26.9. The maximum atomic E-state index is 15.3. The summed E-state index contributed by atoms with van der Waals surface area (Å²) in [4.78, 5) is 0. The van der Waals surface area contributed by atoms with Gasteiger partial charge in [0.2, 0.25) is 0 Å². The van der Waals surface area contributed by atoms with Crippen LogP contribution in [0.1, 0.15) is 105 Å². The zero-order valence-corrected chi connectivity index (χ0v) is 21.9. The summed E-state index contributed by atoms with van der Waals surface area (Å²) in [6, 6.07) is 8.89. The number of halogens is 5. The summed E-state index contributed by atoms with van der Waals surface area (Å²) in [6.07, 6.45) is 11.1. The Morgan fingerprint density at radius 1 is 0.711 bits per heavy atom. The number of allylic oxidation sites excluding steroid dienone is 3. The second-order valence-corrected chi connectivity index (χ2v) is 11.7. The molecule has 3 aliphatic rings. The monoisotopic (exact) mass is 528 g/mol. The van der Waals surface area contributed by atoms with E-state index in [1.807, 2.05) is 12.1 Å². The topological polar surface area (TPSA) is 0 Å². The van der Waals surface area contributed by atoms with Crippen molar-refractivity contribution in [1.82, 2.24) is 0 Å². The van der Waals surface area contributed by atoms with Crippen LogP contribution >= 0.6 is 0 Å². The van der Waals surface area contributed by atoms with Crippen molar-refractivity contribution in [3.63, 3.8) is 0 Å². The minimum atomic E-state index is -4.70. The molecule has 5 heteroatoms. The minimum Gasteiger partial charge on any atom is -0.206 e. The zero-order valence-electron chi connectivity index (χ0n) is 21.9. The number of benzene rings is 2. The van der Waals surface area contributed by atoms with Crippen LogP contribution in [0, 0.1) is 29.4 Å². The highest BCUT2D eigenvalue weighted by Gasteiger charge is 2.35. The molecule has 0 bridgehead atoms. The van der Waals surface area contributed by atoms with Crippen LogP contribution in [0.25, 0.3) is 5.57 Å². The Balaban J connectivity index is 1.18. The Kier molecular flexibility index (Phi) is 8.11. The van der Waals surface area contributed by atoms with Crippen molar-refractivity contribution in [2.75, 3.05) is 0 Å². The van der Waals surface area contributed by atoms with Crippen molar-refractivity contribution in [3.05, 3.63) is 89.0 Å². The van der Waals surface area contributed by atoms with E-state index in [4.69, 9.17) is 0 Å². The van der Waals surface area contributed by atoms with Gasteiger partial charge in [0.15, 0.2) is 0 Å². The van der Waals surface area contributed by atoms with Crippen LogP contribution in [0.15, 0.2) is 55.1 Å². The summed E-state index contributed by atoms with van der Waals surface area (Å²) in [5.41, 5.74) is 1.95. The van der Waals surface area contributed by atoms with Crippen LogP contribution in [0.3, 0.4) is 0 Å². The Morgan fingerprint density at radius 3 is 1.87 bits per heavy atom. The molecule has 1 unspecified atom stereocenters. The average molecular weight is 529 g/mol. The van der Waals surface area contributed by atoms with E-state index in [1.54, 1.807) is 6.07 Å². The Labute approximate surface area is 223 Å². The summed E-state index contributed by atoms with van der Waals surface area (Å²) in [7, 11) is 0. The molecule has 2 aromatic carbocycles. The molecule has 1 atom stereocenters. The number of hydrogen-bond donors (Lipinski definition) is 0. The van der Waals surface area contributed by atoms with Gasteiger partial charge in [-0.25, -0.2) is 8.78 Å². The molecule has 0 aliphatic heterocycles. The largest absolute Gasteiger partial charge is 0.419 e. The number of rotatable bonds is 5. The van der Waals surface area contributed by atoms with E-state index in [0.29, 0.717) is 42.2 Å². The first kappa shape index (κ1) is 27.1. The van der Waals surface area contributed by atoms with Gasteiger partial charge in [-0.05, 0) is 135 Å².